The molecule has 88 valence electrons. The molecule has 0 bridgehead atoms. The lowest BCUT2D eigenvalue weighted by Crippen LogP contribution is -2.37. The molecule has 0 amide bonds. The van der Waals surface area contributed by atoms with Gasteiger partial charge in [0.05, 0.1) is 0 Å². The first-order chi connectivity index (χ1) is 7.38. The number of nitrogens with two attached hydrogens (primary N) is 1. The largest absolute Gasteiger partial charge is 0.271 e. The van der Waals surface area contributed by atoms with E-state index in [9.17, 15) is 0 Å². The van der Waals surface area contributed by atoms with Crippen molar-refractivity contribution in [2.75, 3.05) is 0 Å². The molecule has 2 nitrogen and oxygen atoms in total. The molecular formula is C13H26N2. The molecule has 3 N–H and O–H groups in total. The Bertz CT molecular complexity index is 187. The molecule has 1 rings (SSSR count). The summed E-state index contributed by atoms with van der Waals surface area (Å²) < 4.78 is 0. The monoisotopic (exact) mass is 210 g/mol. The second-order valence-electron chi connectivity index (χ2n) is 4.59. The van der Waals surface area contributed by atoms with Crippen LogP contribution in [0.4, 0.5) is 0 Å². The average molecular weight is 210 g/mol. The molecule has 0 aliphatic heterocycles. The highest BCUT2D eigenvalue weighted by Crippen LogP contribution is 2.22. The van der Waals surface area contributed by atoms with E-state index >= 15 is 0 Å². The van der Waals surface area contributed by atoms with Gasteiger partial charge in [-0.1, -0.05) is 44.3 Å². The molecule has 0 spiro atoms. The predicted molar refractivity (Wildman–Crippen MR) is 66.4 cm³/mol. The quantitative estimate of drug-likeness (QED) is 0.293. The van der Waals surface area contributed by atoms with Crippen molar-refractivity contribution in [3.63, 3.8) is 0 Å². The Hall–Kier alpha value is -0.340. The summed E-state index contributed by atoms with van der Waals surface area (Å²) in [7, 11) is 0. The second-order valence-corrected chi connectivity index (χ2v) is 4.59. The van der Waals surface area contributed by atoms with Gasteiger partial charge in [-0.05, 0) is 32.1 Å². The maximum atomic E-state index is 5.63. The van der Waals surface area contributed by atoms with E-state index in [0.29, 0.717) is 6.04 Å². The molecule has 15 heavy (non-hydrogen) atoms. The fraction of sp³-hybridized carbons (Fsp3) is 0.846. The van der Waals surface area contributed by atoms with Crippen LogP contribution in [0.15, 0.2) is 11.6 Å². The number of hydrogen-bond acceptors (Lipinski definition) is 2. The fourth-order valence-electron chi connectivity index (χ4n) is 2.33. The highest BCUT2D eigenvalue weighted by Gasteiger charge is 2.13. The summed E-state index contributed by atoms with van der Waals surface area (Å²) >= 11 is 0. The zero-order valence-electron chi connectivity index (χ0n) is 10.1. The van der Waals surface area contributed by atoms with Gasteiger partial charge >= 0.3 is 0 Å². The smallest absolute Gasteiger partial charge is 0.0419 e. The molecule has 1 aliphatic rings. The van der Waals surface area contributed by atoms with Crippen LogP contribution in [0.25, 0.3) is 0 Å². The maximum Gasteiger partial charge on any atom is 0.0419 e. The Balaban J connectivity index is 2.25. The van der Waals surface area contributed by atoms with Crippen LogP contribution in [0, 0.1) is 0 Å². The van der Waals surface area contributed by atoms with Crippen LogP contribution < -0.4 is 11.3 Å². The van der Waals surface area contributed by atoms with Gasteiger partial charge < -0.3 is 0 Å². The molecule has 1 aliphatic carbocycles. The number of rotatable bonds is 7. The van der Waals surface area contributed by atoms with Crippen LogP contribution in [-0.4, -0.2) is 6.04 Å². The van der Waals surface area contributed by atoms with Crippen molar-refractivity contribution in [3.8, 4) is 0 Å². The molecule has 0 fully saturated rings. The third-order valence-electron chi connectivity index (χ3n) is 3.32. The van der Waals surface area contributed by atoms with Crippen LogP contribution in [0.2, 0.25) is 0 Å². The first-order valence-electron chi connectivity index (χ1n) is 6.53. The van der Waals surface area contributed by atoms with E-state index in [1.165, 1.54) is 57.8 Å². The van der Waals surface area contributed by atoms with Gasteiger partial charge in [0.1, 0.15) is 0 Å². The molecule has 0 saturated carbocycles. The van der Waals surface area contributed by atoms with Crippen LogP contribution in [0.3, 0.4) is 0 Å². The normalized spacial score (nSPS) is 18.7. The summed E-state index contributed by atoms with van der Waals surface area (Å²) in [4.78, 5) is 0. The summed E-state index contributed by atoms with van der Waals surface area (Å²) in [5, 5.41) is 0. The highest BCUT2D eigenvalue weighted by atomic mass is 15.2. The van der Waals surface area contributed by atoms with Crippen molar-refractivity contribution in [2.24, 2.45) is 5.84 Å². The number of unbranched alkanes of at least 4 members (excludes halogenated alkanes) is 3. The van der Waals surface area contributed by atoms with E-state index in [1.54, 1.807) is 5.57 Å². The summed E-state index contributed by atoms with van der Waals surface area (Å²) in [6.45, 7) is 2.25. The Labute approximate surface area is 94.3 Å². The molecule has 0 radical (unpaired) electrons. The highest BCUT2D eigenvalue weighted by molar-refractivity contribution is 5.12. The summed E-state index contributed by atoms with van der Waals surface area (Å²) in [5.74, 6) is 5.63. The molecule has 0 aromatic rings. The van der Waals surface area contributed by atoms with E-state index in [4.69, 9.17) is 5.84 Å². The Morgan fingerprint density at radius 1 is 1.33 bits per heavy atom. The molecule has 1 unspecified atom stereocenters. The molecule has 0 heterocycles. The van der Waals surface area contributed by atoms with Crippen LogP contribution in [0.1, 0.15) is 64.7 Å². The zero-order valence-corrected chi connectivity index (χ0v) is 10.1. The van der Waals surface area contributed by atoms with Crippen LogP contribution in [0.5, 0.6) is 0 Å². The van der Waals surface area contributed by atoms with Gasteiger partial charge in [0.15, 0.2) is 0 Å². The van der Waals surface area contributed by atoms with Crippen LogP contribution in [-0.2, 0) is 0 Å². The van der Waals surface area contributed by atoms with Crippen molar-refractivity contribution in [2.45, 2.75) is 70.8 Å². The second kappa shape index (κ2) is 7.89. The van der Waals surface area contributed by atoms with Gasteiger partial charge in [-0.3, -0.25) is 11.3 Å². The lowest BCUT2D eigenvalue weighted by atomic mass is 9.91. The third kappa shape index (κ3) is 4.80. The van der Waals surface area contributed by atoms with E-state index < -0.39 is 0 Å². The summed E-state index contributed by atoms with van der Waals surface area (Å²) in [6, 6.07) is 0.446. The van der Waals surface area contributed by atoms with Crippen molar-refractivity contribution >= 4 is 0 Å². The first-order valence-corrected chi connectivity index (χ1v) is 6.53. The molecule has 0 aromatic carbocycles. The number of allylic oxidation sites excluding steroid dienone is 1. The summed E-state index contributed by atoms with van der Waals surface area (Å²) in [5.41, 5.74) is 4.54. The van der Waals surface area contributed by atoms with Crippen molar-refractivity contribution < 1.29 is 0 Å². The Kier molecular flexibility index (Phi) is 6.69. The van der Waals surface area contributed by atoms with E-state index in [1.807, 2.05) is 0 Å². The van der Waals surface area contributed by atoms with Gasteiger partial charge in [-0.2, -0.15) is 0 Å². The number of hydrazine groups is 1. The van der Waals surface area contributed by atoms with Gasteiger partial charge in [0, 0.05) is 6.04 Å². The predicted octanol–water partition coefficient (Wildman–Crippen LogP) is 3.29. The molecule has 0 saturated heterocycles. The van der Waals surface area contributed by atoms with Crippen molar-refractivity contribution in [1.82, 2.24) is 5.43 Å². The Morgan fingerprint density at radius 3 is 2.80 bits per heavy atom. The van der Waals surface area contributed by atoms with Gasteiger partial charge in [0.25, 0.3) is 0 Å². The topological polar surface area (TPSA) is 38.0 Å². The Morgan fingerprint density at radius 2 is 2.20 bits per heavy atom. The molecule has 1 atom stereocenters. The maximum absolute atomic E-state index is 5.63. The third-order valence-corrected chi connectivity index (χ3v) is 3.32. The van der Waals surface area contributed by atoms with Gasteiger partial charge in [-0.15, -0.1) is 0 Å². The number of hydrogen-bond donors (Lipinski definition) is 2. The van der Waals surface area contributed by atoms with E-state index in [-0.39, 0.29) is 0 Å². The minimum Gasteiger partial charge on any atom is -0.271 e. The lowest BCUT2D eigenvalue weighted by molar-refractivity contribution is 0.487. The fourth-order valence-corrected chi connectivity index (χ4v) is 2.33. The zero-order chi connectivity index (χ0) is 10.9. The summed E-state index contributed by atoms with van der Waals surface area (Å²) in [6.07, 6.45) is 14.1. The van der Waals surface area contributed by atoms with Crippen molar-refractivity contribution in [1.29, 1.82) is 0 Å². The van der Waals surface area contributed by atoms with Gasteiger partial charge in [0.2, 0.25) is 0 Å². The minimum absolute atomic E-state index is 0.446. The lowest BCUT2D eigenvalue weighted by Gasteiger charge is -2.22. The van der Waals surface area contributed by atoms with Crippen molar-refractivity contribution in [3.05, 3.63) is 11.6 Å². The molecular weight excluding hydrogens is 184 g/mol. The van der Waals surface area contributed by atoms with Crippen LogP contribution >= 0.6 is 0 Å². The van der Waals surface area contributed by atoms with E-state index in [2.05, 4.69) is 18.4 Å². The standard InChI is InChI=1S/C13H26N2/c1-2-3-4-8-11-13(15-14)12-9-6-5-7-10-12/h9,13,15H,2-8,10-11,14H2,1H3. The first kappa shape index (κ1) is 12.7. The number of nitrogens with one attached hydrogen (secondary N) is 1. The van der Waals surface area contributed by atoms with Gasteiger partial charge in [-0.25, -0.2) is 0 Å². The average Bonchev–Trinajstić information content (AvgIpc) is 2.30. The SMILES string of the molecule is CCCCCCC(NN)C1=CCCCC1. The molecule has 2 heteroatoms. The molecule has 0 aromatic heterocycles. The minimum atomic E-state index is 0.446. The van der Waals surface area contributed by atoms with E-state index in [0.717, 1.165) is 0 Å².